The number of nitro benzene ring substituents is 1. The molecule has 0 aliphatic carbocycles. The van der Waals surface area contributed by atoms with E-state index in [1.807, 2.05) is 0 Å². The zero-order valence-electron chi connectivity index (χ0n) is 8.43. The second-order valence-corrected chi connectivity index (χ2v) is 2.64. The molecule has 0 saturated carbocycles. The van der Waals surface area contributed by atoms with E-state index < -0.39 is 4.92 Å². The lowest BCUT2D eigenvalue weighted by Gasteiger charge is -2.08. The fraction of sp³-hybridized carbons (Fsp3) is 0.333. The lowest BCUT2D eigenvalue weighted by atomic mass is 10.3. The Hall–Kier alpha value is -1.82. The van der Waals surface area contributed by atoms with Gasteiger partial charge in [0.2, 0.25) is 0 Å². The second-order valence-electron chi connectivity index (χ2n) is 2.64. The molecule has 0 atom stereocenters. The van der Waals surface area contributed by atoms with Gasteiger partial charge in [0.15, 0.2) is 18.3 Å². The van der Waals surface area contributed by atoms with E-state index in [0.29, 0.717) is 11.5 Å². The van der Waals surface area contributed by atoms with Crippen molar-refractivity contribution >= 4 is 5.69 Å². The van der Waals surface area contributed by atoms with Crippen LogP contribution in [0.4, 0.5) is 5.69 Å². The third-order valence-electron chi connectivity index (χ3n) is 1.69. The minimum Gasteiger partial charge on any atom is -0.493 e. The van der Waals surface area contributed by atoms with Gasteiger partial charge in [-0.05, 0) is 6.07 Å². The summed E-state index contributed by atoms with van der Waals surface area (Å²) in [5.41, 5.74) is -0.0448. The smallest absolute Gasteiger partial charge is 0.273 e. The molecule has 0 fully saturated rings. The van der Waals surface area contributed by atoms with E-state index in [9.17, 15) is 10.1 Å². The zero-order chi connectivity index (χ0) is 11.3. The molecule has 0 aliphatic rings. The largest absolute Gasteiger partial charge is 0.493 e. The van der Waals surface area contributed by atoms with Gasteiger partial charge < -0.3 is 14.2 Å². The minimum absolute atomic E-state index is 0.0448. The van der Waals surface area contributed by atoms with E-state index in [1.165, 1.54) is 32.4 Å². The number of nitrogens with zero attached hydrogens (tertiary/aromatic N) is 1. The molecule has 0 aliphatic heterocycles. The van der Waals surface area contributed by atoms with Crippen molar-refractivity contribution in [2.45, 2.75) is 0 Å². The highest BCUT2D eigenvalue weighted by Gasteiger charge is 2.11. The zero-order valence-corrected chi connectivity index (χ0v) is 8.43. The van der Waals surface area contributed by atoms with Gasteiger partial charge in [0.25, 0.3) is 5.69 Å². The van der Waals surface area contributed by atoms with Crippen LogP contribution in [-0.2, 0) is 4.74 Å². The van der Waals surface area contributed by atoms with Gasteiger partial charge in [-0.25, -0.2) is 0 Å². The molecule has 82 valence electrons. The summed E-state index contributed by atoms with van der Waals surface area (Å²) >= 11 is 0. The van der Waals surface area contributed by atoms with Crippen molar-refractivity contribution in [1.29, 1.82) is 0 Å². The van der Waals surface area contributed by atoms with Crippen molar-refractivity contribution in [1.82, 2.24) is 0 Å². The highest BCUT2D eigenvalue weighted by Crippen LogP contribution is 2.30. The number of ether oxygens (including phenoxy) is 3. The summed E-state index contributed by atoms with van der Waals surface area (Å²) in [5.74, 6) is 0.714. The van der Waals surface area contributed by atoms with Crippen LogP contribution in [-0.4, -0.2) is 25.9 Å². The summed E-state index contributed by atoms with van der Waals surface area (Å²) in [7, 11) is 2.90. The molecule has 0 N–H and O–H groups in total. The molecule has 0 spiro atoms. The van der Waals surface area contributed by atoms with Gasteiger partial charge in [-0.1, -0.05) is 0 Å². The molecule has 1 aromatic carbocycles. The molecule has 1 rings (SSSR count). The summed E-state index contributed by atoms with van der Waals surface area (Å²) in [6.45, 7) is 0.0637. The number of hydrogen-bond donors (Lipinski definition) is 0. The highest BCUT2D eigenvalue weighted by molar-refractivity contribution is 5.48. The first-order valence-corrected chi connectivity index (χ1v) is 4.13. The standard InChI is InChI=1S/C9H11NO5/c1-13-6-15-8-4-3-7(10(11)12)5-9(8)14-2/h3-5H,6H2,1-2H3. The Labute approximate surface area is 86.5 Å². The second kappa shape index (κ2) is 5.16. The van der Waals surface area contributed by atoms with Gasteiger partial charge in [-0.15, -0.1) is 0 Å². The van der Waals surface area contributed by atoms with Crippen molar-refractivity contribution in [3.63, 3.8) is 0 Å². The maximum atomic E-state index is 10.5. The topological polar surface area (TPSA) is 70.8 Å². The maximum absolute atomic E-state index is 10.5. The number of rotatable bonds is 5. The van der Waals surface area contributed by atoms with Crippen LogP contribution in [0.25, 0.3) is 0 Å². The molecular weight excluding hydrogens is 202 g/mol. The summed E-state index contributed by atoms with van der Waals surface area (Å²) < 4.78 is 14.8. The molecule has 0 aromatic heterocycles. The third kappa shape index (κ3) is 2.81. The van der Waals surface area contributed by atoms with Crippen LogP contribution in [0.3, 0.4) is 0 Å². The molecule has 0 amide bonds. The van der Waals surface area contributed by atoms with Gasteiger partial charge in [-0.2, -0.15) is 0 Å². The first kappa shape index (κ1) is 11.3. The van der Waals surface area contributed by atoms with Crippen molar-refractivity contribution in [2.75, 3.05) is 21.0 Å². The van der Waals surface area contributed by atoms with Crippen molar-refractivity contribution in [3.05, 3.63) is 28.3 Å². The van der Waals surface area contributed by atoms with Crippen LogP contribution in [0, 0.1) is 10.1 Å². The third-order valence-corrected chi connectivity index (χ3v) is 1.69. The Morgan fingerprint density at radius 1 is 1.33 bits per heavy atom. The Bertz CT molecular complexity index is 352. The van der Waals surface area contributed by atoms with Gasteiger partial charge >= 0.3 is 0 Å². The maximum Gasteiger partial charge on any atom is 0.273 e. The van der Waals surface area contributed by atoms with E-state index in [1.54, 1.807) is 0 Å². The lowest BCUT2D eigenvalue weighted by molar-refractivity contribution is -0.385. The molecule has 6 heteroatoms. The predicted octanol–water partition coefficient (Wildman–Crippen LogP) is 1.59. The molecule has 1 aromatic rings. The number of nitro groups is 1. The first-order chi connectivity index (χ1) is 7.19. The molecule has 0 heterocycles. The fourth-order valence-electron chi connectivity index (χ4n) is 1.01. The van der Waals surface area contributed by atoms with Crippen LogP contribution in [0.5, 0.6) is 11.5 Å². The monoisotopic (exact) mass is 213 g/mol. The van der Waals surface area contributed by atoms with E-state index >= 15 is 0 Å². The fourth-order valence-corrected chi connectivity index (χ4v) is 1.01. The molecule has 15 heavy (non-hydrogen) atoms. The Kier molecular flexibility index (Phi) is 3.87. The van der Waals surface area contributed by atoms with Crippen LogP contribution < -0.4 is 9.47 Å². The number of methoxy groups -OCH3 is 2. The number of non-ortho nitro benzene ring substituents is 1. The lowest BCUT2D eigenvalue weighted by Crippen LogP contribution is -2.01. The van der Waals surface area contributed by atoms with E-state index in [4.69, 9.17) is 14.2 Å². The number of hydrogen-bond acceptors (Lipinski definition) is 5. The molecule has 6 nitrogen and oxygen atoms in total. The van der Waals surface area contributed by atoms with Crippen molar-refractivity contribution < 1.29 is 19.1 Å². The van der Waals surface area contributed by atoms with Crippen LogP contribution in [0.2, 0.25) is 0 Å². The minimum atomic E-state index is -0.497. The van der Waals surface area contributed by atoms with Gasteiger partial charge in [0, 0.05) is 13.2 Å². The van der Waals surface area contributed by atoms with Gasteiger partial charge in [0.05, 0.1) is 18.1 Å². The normalized spacial score (nSPS) is 9.73. The van der Waals surface area contributed by atoms with Crippen LogP contribution >= 0.6 is 0 Å². The van der Waals surface area contributed by atoms with E-state index in [0.717, 1.165) is 0 Å². The SMILES string of the molecule is COCOc1ccc([N+](=O)[O-])cc1OC. The predicted molar refractivity (Wildman–Crippen MR) is 52.2 cm³/mol. The first-order valence-electron chi connectivity index (χ1n) is 4.13. The molecule has 0 bridgehead atoms. The van der Waals surface area contributed by atoms with Gasteiger partial charge in [0.1, 0.15) is 0 Å². The van der Waals surface area contributed by atoms with Crippen molar-refractivity contribution in [3.8, 4) is 11.5 Å². The summed E-state index contributed by atoms with van der Waals surface area (Å²) in [4.78, 5) is 9.98. The van der Waals surface area contributed by atoms with Crippen LogP contribution in [0.1, 0.15) is 0 Å². The quantitative estimate of drug-likeness (QED) is 0.422. The molecule has 0 radical (unpaired) electrons. The average Bonchev–Trinajstić information content (AvgIpc) is 2.25. The molecule has 0 saturated heterocycles. The Morgan fingerprint density at radius 2 is 2.07 bits per heavy atom. The summed E-state index contributed by atoms with van der Waals surface area (Å²) in [5, 5.41) is 10.5. The number of benzene rings is 1. The Balaban J connectivity index is 2.93. The Morgan fingerprint density at radius 3 is 2.60 bits per heavy atom. The van der Waals surface area contributed by atoms with E-state index in [-0.39, 0.29) is 12.5 Å². The van der Waals surface area contributed by atoms with Crippen LogP contribution in [0.15, 0.2) is 18.2 Å². The molecular formula is C9H11NO5. The van der Waals surface area contributed by atoms with Crippen molar-refractivity contribution in [2.24, 2.45) is 0 Å². The molecule has 0 unspecified atom stereocenters. The van der Waals surface area contributed by atoms with E-state index in [2.05, 4.69) is 0 Å². The highest BCUT2D eigenvalue weighted by atomic mass is 16.7. The average molecular weight is 213 g/mol. The summed E-state index contributed by atoms with van der Waals surface area (Å²) in [6, 6.07) is 4.11. The summed E-state index contributed by atoms with van der Waals surface area (Å²) in [6.07, 6.45) is 0. The van der Waals surface area contributed by atoms with Gasteiger partial charge in [-0.3, -0.25) is 10.1 Å².